The fourth-order valence-corrected chi connectivity index (χ4v) is 3.00. The largest absolute Gasteiger partial charge is 0.378 e. The van der Waals surface area contributed by atoms with Crippen molar-refractivity contribution < 1.29 is 9.53 Å². The number of urea groups is 1. The molecule has 6 nitrogen and oxygen atoms in total. The molecular weight excluding hydrogens is 328 g/mol. The molecule has 0 aliphatic carbocycles. The number of hydrogen-bond acceptors (Lipinski definition) is 3. The van der Waals surface area contributed by atoms with E-state index in [-0.39, 0.29) is 6.03 Å². The van der Waals surface area contributed by atoms with Crippen LogP contribution < -0.4 is 5.32 Å². The standard InChI is InChI=1S/C20H20N4O2/c25-20(24-11-13-26-14-12-24)21-17-7-3-1-5-15(17)9-10-19-16-6-2-4-8-18(16)22-23-19/h1-10H,11-14H2,(H,21,25)(H,22,23)/b10-9+. The summed E-state index contributed by atoms with van der Waals surface area (Å²) in [6, 6.07) is 15.6. The van der Waals surface area contributed by atoms with E-state index in [1.165, 1.54) is 0 Å². The van der Waals surface area contributed by atoms with Crippen molar-refractivity contribution in [3.05, 3.63) is 59.8 Å². The molecule has 4 rings (SSSR count). The molecule has 0 unspecified atom stereocenters. The minimum atomic E-state index is -0.0978. The molecule has 1 fully saturated rings. The number of carbonyl (C=O) groups excluding carboxylic acids is 1. The zero-order valence-electron chi connectivity index (χ0n) is 14.3. The quantitative estimate of drug-likeness (QED) is 0.760. The van der Waals surface area contributed by atoms with Crippen LogP contribution in [0.5, 0.6) is 0 Å². The third-order valence-corrected chi connectivity index (χ3v) is 4.42. The summed E-state index contributed by atoms with van der Waals surface area (Å²) >= 11 is 0. The van der Waals surface area contributed by atoms with Gasteiger partial charge < -0.3 is 15.0 Å². The number of anilines is 1. The first-order chi connectivity index (χ1) is 12.8. The highest BCUT2D eigenvalue weighted by atomic mass is 16.5. The Morgan fingerprint density at radius 2 is 1.85 bits per heavy atom. The van der Waals surface area contributed by atoms with Gasteiger partial charge in [-0.15, -0.1) is 0 Å². The minimum absolute atomic E-state index is 0.0978. The first-order valence-electron chi connectivity index (χ1n) is 8.65. The monoisotopic (exact) mass is 348 g/mol. The van der Waals surface area contributed by atoms with E-state index in [1.54, 1.807) is 4.90 Å². The van der Waals surface area contributed by atoms with Gasteiger partial charge in [0.1, 0.15) is 0 Å². The number of hydrogen-bond donors (Lipinski definition) is 2. The third kappa shape index (κ3) is 3.45. The predicted octanol–water partition coefficient (Wildman–Crippen LogP) is 3.60. The fourth-order valence-electron chi connectivity index (χ4n) is 3.00. The van der Waals surface area contributed by atoms with Crippen molar-refractivity contribution in [2.24, 2.45) is 0 Å². The van der Waals surface area contributed by atoms with Gasteiger partial charge in [-0.3, -0.25) is 5.10 Å². The van der Waals surface area contributed by atoms with Gasteiger partial charge in [-0.05, 0) is 23.8 Å². The lowest BCUT2D eigenvalue weighted by atomic mass is 10.1. The topological polar surface area (TPSA) is 70.2 Å². The molecule has 132 valence electrons. The first-order valence-corrected chi connectivity index (χ1v) is 8.65. The Hall–Kier alpha value is -3.12. The highest BCUT2D eigenvalue weighted by Crippen LogP contribution is 2.21. The number of rotatable bonds is 3. The van der Waals surface area contributed by atoms with E-state index in [0.717, 1.165) is 27.8 Å². The number of para-hydroxylation sites is 2. The molecule has 2 heterocycles. The minimum Gasteiger partial charge on any atom is -0.378 e. The van der Waals surface area contributed by atoms with Crippen LogP contribution in [0.15, 0.2) is 48.5 Å². The van der Waals surface area contributed by atoms with E-state index >= 15 is 0 Å². The smallest absolute Gasteiger partial charge is 0.322 e. The number of morpholine rings is 1. The second-order valence-electron chi connectivity index (χ2n) is 6.10. The second kappa shape index (κ2) is 7.41. The van der Waals surface area contributed by atoms with Gasteiger partial charge >= 0.3 is 6.03 Å². The molecular formula is C20H20N4O2. The first kappa shape index (κ1) is 16.4. The van der Waals surface area contributed by atoms with E-state index in [0.29, 0.717) is 26.3 Å². The molecule has 6 heteroatoms. The van der Waals surface area contributed by atoms with Crippen molar-refractivity contribution in [1.29, 1.82) is 0 Å². The second-order valence-corrected chi connectivity index (χ2v) is 6.10. The average molecular weight is 348 g/mol. The van der Waals surface area contributed by atoms with Gasteiger partial charge in [0, 0.05) is 24.2 Å². The summed E-state index contributed by atoms with van der Waals surface area (Å²) in [5, 5.41) is 11.4. The maximum atomic E-state index is 12.4. The summed E-state index contributed by atoms with van der Waals surface area (Å²) in [6.07, 6.45) is 3.93. The molecule has 2 amide bonds. The number of H-pyrrole nitrogens is 1. The van der Waals surface area contributed by atoms with Gasteiger partial charge in [-0.2, -0.15) is 5.10 Å². The Bertz CT molecular complexity index is 942. The highest BCUT2D eigenvalue weighted by molar-refractivity contribution is 5.94. The van der Waals surface area contributed by atoms with E-state index in [1.807, 2.05) is 60.7 Å². The van der Waals surface area contributed by atoms with Crippen molar-refractivity contribution in [3.8, 4) is 0 Å². The summed E-state index contributed by atoms with van der Waals surface area (Å²) in [7, 11) is 0. The fraction of sp³-hybridized carbons (Fsp3) is 0.200. The highest BCUT2D eigenvalue weighted by Gasteiger charge is 2.17. The number of benzene rings is 2. The Labute approximate surface area is 151 Å². The summed E-state index contributed by atoms with van der Waals surface area (Å²) in [5.41, 5.74) is 3.58. The third-order valence-electron chi connectivity index (χ3n) is 4.42. The zero-order chi connectivity index (χ0) is 17.8. The van der Waals surface area contributed by atoms with E-state index in [4.69, 9.17) is 4.74 Å². The van der Waals surface area contributed by atoms with Gasteiger partial charge in [0.25, 0.3) is 0 Å². The van der Waals surface area contributed by atoms with Crippen LogP contribution in [0.25, 0.3) is 23.1 Å². The van der Waals surface area contributed by atoms with E-state index in [9.17, 15) is 4.79 Å². The number of nitrogens with one attached hydrogen (secondary N) is 2. The molecule has 0 radical (unpaired) electrons. The Balaban J connectivity index is 1.54. The number of ether oxygens (including phenoxy) is 1. The number of amides is 2. The Kier molecular flexibility index (Phi) is 4.66. The van der Waals surface area contributed by atoms with Crippen LogP contribution in [0.3, 0.4) is 0 Å². The lowest BCUT2D eigenvalue weighted by Gasteiger charge is -2.27. The molecule has 1 aliphatic rings. The van der Waals surface area contributed by atoms with E-state index < -0.39 is 0 Å². The van der Waals surface area contributed by atoms with Crippen molar-refractivity contribution in [2.45, 2.75) is 0 Å². The Morgan fingerprint density at radius 1 is 1.08 bits per heavy atom. The van der Waals surface area contributed by atoms with Crippen LogP contribution in [0.4, 0.5) is 10.5 Å². The molecule has 2 aromatic carbocycles. The molecule has 0 spiro atoms. The summed E-state index contributed by atoms with van der Waals surface area (Å²) in [5.74, 6) is 0. The van der Waals surface area contributed by atoms with Gasteiger partial charge in [-0.25, -0.2) is 4.79 Å². The summed E-state index contributed by atoms with van der Waals surface area (Å²) in [4.78, 5) is 14.2. The molecule has 1 aromatic heterocycles. The lowest BCUT2D eigenvalue weighted by Crippen LogP contribution is -2.43. The zero-order valence-corrected chi connectivity index (χ0v) is 14.3. The number of carbonyl (C=O) groups is 1. The van der Waals surface area contributed by atoms with Crippen LogP contribution in [0, 0.1) is 0 Å². The number of aromatic amines is 1. The van der Waals surface area contributed by atoms with Crippen LogP contribution in [0.2, 0.25) is 0 Å². The maximum Gasteiger partial charge on any atom is 0.322 e. The average Bonchev–Trinajstić information content (AvgIpc) is 3.11. The normalized spacial score (nSPS) is 14.8. The van der Waals surface area contributed by atoms with Crippen LogP contribution in [-0.2, 0) is 4.74 Å². The van der Waals surface area contributed by atoms with Gasteiger partial charge in [-0.1, -0.05) is 42.5 Å². The van der Waals surface area contributed by atoms with Crippen LogP contribution >= 0.6 is 0 Å². The number of aromatic nitrogens is 2. The molecule has 3 aromatic rings. The maximum absolute atomic E-state index is 12.4. The van der Waals surface area contributed by atoms with Crippen molar-refractivity contribution in [3.63, 3.8) is 0 Å². The van der Waals surface area contributed by atoms with Crippen LogP contribution in [0.1, 0.15) is 11.3 Å². The molecule has 0 atom stereocenters. The number of fused-ring (bicyclic) bond motifs is 1. The van der Waals surface area contributed by atoms with Gasteiger partial charge in [0.15, 0.2) is 0 Å². The van der Waals surface area contributed by atoms with Gasteiger partial charge in [0.05, 0.1) is 24.4 Å². The summed E-state index contributed by atoms with van der Waals surface area (Å²) in [6.45, 7) is 2.40. The molecule has 1 saturated heterocycles. The predicted molar refractivity (Wildman–Crippen MR) is 103 cm³/mol. The SMILES string of the molecule is O=C(Nc1ccccc1/C=C/c1n[nH]c2ccccc12)N1CCOCC1. The molecule has 26 heavy (non-hydrogen) atoms. The van der Waals surface area contributed by atoms with Crippen molar-refractivity contribution in [2.75, 3.05) is 31.6 Å². The van der Waals surface area contributed by atoms with Crippen LogP contribution in [-0.4, -0.2) is 47.4 Å². The molecule has 2 N–H and O–H groups in total. The van der Waals surface area contributed by atoms with Crippen molar-refractivity contribution >= 4 is 34.8 Å². The van der Waals surface area contributed by atoms with E-state index in [2.05, 4.69) is 15.5 Å². The summed E-state index contributed by atoms with van der Waals surface area (Å²) < 4.78 is 5.30. The van der Waals surface area contributed by atoms with Gasteiger partial charge in [0.2, 0.25) is 0 Å². The Morgan fingerprint density at radius 3 is 2.73 bits per heavy atom. The molecule has 0 saturated carbocycles. The van der Waals surface area contributed by atoms with Crippen molar-refractivity contribution in [1.82, 2.24) is 15.1 Å². The molecule has 1 aliphatic heterocycles. The number of nitrogens with zero attached hydrogens (tertiary/aromatic N) is 2. The lowest BCUT2D eigenvalue weighted by molar-refractivity contribution is 0.0564. The molecule has 0 bridgehead atoms.